The molecule has 0 amide bonds. The van der Waals surface area contributed by atoms with Crippen LogP contribution in [0, 0.1) is 0 Å². The number of aliphatic hydroxyl groups excluding tert-OH is 1. The first-order chi connectivity index (χ1) is 12.9. The van der Waals surface area contributed by atoms with Crippen molar-refractivity contribution in [1.29, 1.82) is 0 Å². The molecule has 0 aromatic heterocycles. The molecule has 2 aromatic rings. The Kier molecular flexibility index (Phi) is 7.47. The van der Waals surface area contributed by atoms with Gasteiger partial charge in [-0.2, -0.15) is 0 Å². The summed E-state index contributed by atoms with van der Waals surface area (Å²) < 4.78 is 0. The predicted octanol–water partition coefficient (Wildman–Crippen LogP) is 5.41. The maximum Gasteiger partial charge on any atom is 0.150 e. The second-order valence-corrected chi connectivity index (χ2v) is 8.53. The molecule has 2 aromatic carbocycles. The van der Waals surface area contributed by atoms with Crippen LogP contribution in [-0.4, -0.2) is 23.6 Å². The lowest BCUT2D eigenvalue weighted by molar-refractivity contribution is 0.112. The summed E-state index contributed by atoms with van der Waals surface area (Å²) in [5.41, 5.74) is 9.11. The van der Waals surface area contributed by atoms with Crippen LogP contribution in [0.15, 0.2) is 40.6 Å². The van der Waals surface area contributed by atoms with Gasteiger partial charge in [0, 0.05) is 18.2 Å². The van der Waals surface area contributed by atoms with Gasteiger partial charge in [-0.3, -0.25) is 4.79 Å². The second-order valence-electron chi connectivity index (χ2n) is 8.53. The molecule has 0 radical (unpaired) electrons. The SMILES string of the molecule is CC(C)(C)c1cc(N=Nc2cc(C=O)ccc2N)c(O)c(C(C)(C)C)c1.CO. The number of phenolic OH excluding ortho intramolecular Hbond substituents is 1. The topological polar surface area (TPSA) is 108 Å². The second kappa shape index (κ2) is 8.97. The van der Waals surface area contributed by atoms with Crippen molar-refractivity contribution in [2.45, 2.75) is 52.4 Å². The molecular formula is C22H31N3O3. The Labute approximate surface area is 167 Å². The number of nitrogen functional groups attached to an aromatic ring is 1. The molecular weight excluding hydrogens is 354 g/mol. The molecule has 0 saturated heterocycles. The van der Waals surface area contributed by atoms with E-state index in [0.717, 1.165) is 24.5 Å². The third kappa shape index (κ3) is 5.63. The first kappa shape index (κ1) is 23.3. The fourth-order valence-electron chi connectivity index (χ4n) is 2.53. The zero-order chi connectivity index (χ0) is 21.7. The molecule has 0 saturated carbocycles. The summed E-state index contributed by atoms with van der Waals surface area (Å²) in [5.74, 6) is 0.111. The zero-order valence-corrected chi connectivity index (χ0v) is 17.7. The van der Waals surface area contributed by atoms with Crippen molar-refractivity contribution in [2.75, 3.05) is 12.8 Å². The van der Waals surface area contributed by atoms with Crippen LogP contribution in [0.4, 0.5) is 17.1 Å². The van der Waals surface area contributed by atoms with Crippen molar-refractivity contribution < 1.29 is 15.0 Å². The Balaban J connectivity index is 0.00000190. The minimum Gasteiger partial charge on any atom is -0.505 e. The van der Waals surface area contributed by atoms with Gasteiger partial charge in [0.1, 0.15) is 23.4 Å². The summed E-state index contributed by atoms with van der Waals surface area (Å²) in [6.45, 7) is 12.5. The summed E-state index contributed by atoms with van der Waals surface area (Å²) in [6, 6.07) is 8.67. The molecule has 0 atom stereocenters. The number of hydrogen-bond acceptors (Lipinski definition) is 6. The fraction of sp³-hybridized carbons (Fsp3) is 0.409. The molecule has 0 heterocycles. The van der Waals surface area contributed by atoms with E-state index in [0.29, 0.717) is 22.6 Å². The molecule has 0 spiro atoms. The minimum absolute atomic E-state index is 0.103. The van der Waals surface area contributed by atoms with Crippen molar-refractivity contribution >= 4 is 23.3 Å². The zero-order valence-electron chi connectivity index (χ0n) is 17.7. The Morgan fingerprint density at radius 1 is 0.893 bits per heavy atom. The maximum atomic E-state index is 11.0. The summed E-state index contributed by atoms with van der Waals surface area (Å²) in [5, 5.41) is 26.1. The van der Waals surface area contributed by atoms with E-state index in [1.54, 1.807) is 18.2 Å². The Hall–Kier alpha value is -2.73. The lowest BCUT2D eigenvalue weighted by Crippen LogP contribution is -2.16. The first-order valence-corrected chi connectivity index (χ1v) is 9.02. The average Bonchev–Trinajstić information content (AvgIpc) is 2.61. The van der Waals surface area contributed by atoms with Crippen LogP contribution >= 0.6 is 0 Å². The van der Waals surface area contributed by atoms with Gasteiger partial charge < -0.3 is 15.9 Å². The normalized spacial score (nSPS) is 11.9. The number of anilines is 1. The number of rotatable bonds is 3. The van der Waals surface area contributed by atoms with Crippen molar-refractivity contribution in [3.8, 4) is 5.75 Å². The highest BCUT2D eigenvalue weighted by Crippen LogP contribution is 2.42. The molecule has 152 valence electrons. The molecule has 0 fully saturated rings. The third-order valence-electron chi connectivity index (χ3n) is 4.22. The smallest absolute Gasteiger partial charge is 0.150 e. The number of aliphatic hydroxyl groups is 1. The van der Waals surface area contributed by atoms with Gasteiger partial charge in [0.15, 0.2) is 0 Å². The van der Waals surface area contributed by atoms with E-state index in [2.05, 4.69) is 31.0 Å². The number of hydrogen-bond donors (Lipinski definition) is 3. The minimum atomic E-state index is -0.244. The lowest BCUT2D eigenvalue weighted by atomic mass is 9.80. The largest absolute Gasteiger partial charge is 0.505 e. The Morgan fingerprint density at radius 2 is 1.46 bits per heavy atom. The summed E-state index contributed by atoms with van der Waals surface area (Å²) in [6.07, 6.45) is 0.730. The number of carbonyl (C=O) groups excluding carboxylic acids is 1. The highest BCUT2D eigenvalue weighted by molar-refractivity contribution is 5.79. The molecule has 0 bridgehead atoms. The quantitative estimate of drug-likeness (QED) is 0.373. The molecule has 28 heavy (non-hydrogen) atoms. The molecule has 4 N–H and O–H groups in total. The van der Waals surface area contributed by atoms with Crippen LogP contribution in [0.25, 0.3) is 0 Å². The van der Waals surface area contributed by atoms with Crippen LogP contribution < -0.4 is 5.73 Å². The molecule has 2 rings (SSSR count). The summed E-state index contributed by atoms with van der Waals surface area (Å²) in [4.78, 5) is 11.0. The molecule has 6 heteroatoms. The number of phenols is 1. The van der Waals surface area contributed by atoms with E-state index >= 15 is 0 Å². The van der Waals surface area contributed by atoms with E-state index in [9.17, 15) is 9.90 Å². The molecule has 6 nitrogen and oxygen atoms in total. The van der Waals surface area contributed by atoms with Gasteiger partial charge in [-0.25, -0.2) is 0 Å². The number of aromatic hydroxyl groups is 1. The Bertz CT molecular complexity index is 861. The average molecular weight is 386 g/mol. The van der Waals surface area contributed by atoms with Gasteiger partial charge in [-0.15, -0.1) is 10.2 Å². The highest BCUT2D eigenvalue weighted by atomic mass is 16.3. The van der Waals surface area contributed by atoms with E-state index in [1.807, 2.05) is 32.9 Å². The van der Waals surface area contributed by atoms with Gasteiger partial charge in [-0.05, 0) is 40.7 Å². The standard InChI is InChI=1S/C21H27N3O2.CH4O/c1-20(2,3)14-10-15(21(4,5)6)19(26)18(11-14)24-23-17-9-13(12-25)7-8-16(17)22;1-2/h7-12,26H,22H2,1-6H3;2H,1H3. The van der Waals surface area contributed by atoms with Crippen LogP contribution in [-0.2, 0) is 10.8 Å². The monoisotopic (exact) mass is 385 g/mol. The molecule has 0 aliphatic carbocycles. The van der Waals surface area contributed by atoms with Gasteiger partial charge >= 0.3 is 0 Å². The van der Waals surface area contributed by atoms with Crippen molar-refractivity contribution in [3.63, 3.8) is 0 Å². The Morgan fingerprint density at radius 3 is 1.96 bits per heavy atom. The van der Waals surface area contributed by atoms with Crippen LogP contribution in [0.5, 0.6) is 5.75 Å². The first-order valence-electron chi connectivity index (χ1n) is 9.02. The summed E-state index contributed by atoms with van der Waals surface area (Å²) >= 11 is 0. The number of nitrogens with zero attached hydrogens (tertiary/aromatic N) is 2. The number of benzene rings is 2. The third-order valence-corrected chi connectivity index (χ3v) is 4.22. The molecule has 0 aliphatic heterocycles. The van der Waals surface area contributed by atoms with Crippen molar-refractivity contribution in [3.05, 3.63) is 47.0 Å². The van der Waals surface area contributed by atoms with E-state index < -0.39 is 0 Å². The molecule has 0 unspecified atom stereocenters. The van der Waals surface area contributed by atoms with Crippen molar-refractivity contribution in [1.82, 2.24) is 0 Å². The summed E-state index contributed by atoms with van der Waals surface area (Å²) in [7, 11) is 1.00. The van der Waals surface area contributed by atoms with Crippen LogP contribution in [0.3, 0.4) is 0 Å². The van der Waals surface area contributed by atoms with E-state index in [1.165, 1.54) is 0 Å². The van der Waals surface area contributed by atoms with E-state index in [4.69, 9.17) is 10.8 Å². The fourth-order valence-corrected chi connectivity index (χ4v) is 2.53. The molecule has 0 aliphatic rings. The van der Waals surface area contributed by atoms with Crippen LogP contribution in [0.1, 0.15) is 63.0 Å². The van der Waals surface area contributed by atoms with Crippen LogP contribution in [0.2, 0.25) is 0 Å². The van der Waals surface area contributed by atoms with Gasteiger partial charge in [0.05, 0.1) is 5.69 Å². The predicted molar refractivity (Wildman–Crippen MR) is 114 cm³/mol. The van der Waals surface area contributed by atoms with E-state index in [-0.39, 0.29) is 16.6 Å². The number of azo groups is 1. The highest BCUT2D eigenvalue weighted by Gasteiger charge is 2.25. The maximum absolute atomic E-state index is 11.0. The number of aldehydes is 1. The number of nitrogens with two attached hydrogens (primary N) is 1. The van der Waals surface area contributed by atoms with Crippen molar-refractivity contribution in [2.24, 2.45) is 10.2 Å². The van der Waals surface area contributed by atoms with Gasteiger partial charge in [-0.1, -0.05) is 47.6 Å². The van der Waals surface area contributed by atoms with Gasteiger partial charge in [0.25, 0.3) is 0 Å². The number of carbonyl (C=O) groups is 1. The van der Waals surface area contributed by atoms with Gasteiger partial charge in [0.2, 0.25) is 0 Å². The lowest BCUT2D eigenvalue weighted by Gasteiger charge is -2.26.